The van der Waals surface area contributed by atoms with Crippen LogP contribution in [0.3, 0.4) is 0 Å². The van der Waals surface area contributed by atoms with Crippen molar-refractivity contribution in [2.45, 2.75) is 31.7 Å². The maximum Gasteiger partial charge on any atom is 0.226 e. The number of carbonyl (C=O) groups is 1. The van der Waals surface area contributed by atoms with Crippen molar-refractivity contribution in [1.82, 2.24) is 4.90 Å². The molecule has 2 aliphatic rings. The first-order chi connectivity index (χ1) is 9.19. The summed E-state index contributed by atoms with van der Waals surface area (Å²) in [5, 5.41) is 9.34. The van der Waals surface area contributed by atoms with Gasteiger partial charge in [-0.15, -0.1) is 0 Å². The highest BCUT2D eigenvalue weighted by molar-refractivity contribution is 9.10. The third-order valence-electron chi connectivity index (χ3n) is 4.32. The normalized spacial score (nSPS) is 25.7. The Bertz CT molecular complexity index is 503. The minimum absolute atomic E-state index is 0.0444. The second-order valence-electron chi connectivity index (χ2n) is 5.53. The predicted molar refractivity (Wildman–Crippen MR) is 76.9 cm³/mol. The molecule has 19 heavy (non-hydrogen) atoms. The number of amides is 1. The Balaban J connectivity index is 1.74. The summed E-state index contributed by atoms with van der Waals surface area (Å²) in [7, 11) is 0. The van der Waals surface area contributed by atoms with Gasteiger partial charge in [-0.05, 0) is 48.9 Å². The lowest BCUT2D eigenvalue weighted by Gasteiger charge is -2.26. The van der Waals surface area contributed by atoms with Gasteiger partial charge in [0.15, 0.2) is 0 Å². The van der Waals surface area contributed by atoms with Crippen molar-refractivity contribution in [3.63, 3.8) is 0 Å². The Morgan fingerprint density at radius 2 is 2.16 bits per heavy atom. The van der Waals surface area contributed by atoms with Gasteiger partial charge in [0.1, 0.15) is 0 Å². The smallest absolute Gasteiger partial charge is 0.226 e. The summed E-state index contributed by atoms with van der Waals surface area (Å²) < 4.78 is 1.08. The van der Waals surface area contributed by atoms with Crippen LogP contribution in [0.5, 0.6) is 0 Å². The van der Waals surface area contributed by atoms with Crippen LogP contribution in [0.2, 0.25) is 0 Å². The molecule has 1 aliphatic carbocycles. The molecule has 1 aromatic carbocycles. The van der Waals surface area contributed by atoms with Crippen LogP contribution in [0.4, 0.5) is 0 Å². The van der Waals surface area contributed by atoms with E-state index in [2.05, 4.69) is 28.1 Å². The van der Waals surface area contributed by atoms with Crippen molar-refractivity contribution in [1.29, 1.82) is 0 Å². The molecule has 1 saturated heterocycles. The van der Waals surface area contributed by atoms with Crippen LogP contribution in [0.25, 0.3) is 0 Å². The van der Waals surface area contributed by atoms with E-state index in [-0.39, 0.29) is 24.5 Å². The number of likely N-dealkylation sites (tertiary alicyclic amines) is 1. The lowest BCUT2D eigenvalue weighted by atomic mass is 10.0. The minimum atomic E-state index is 0.0444. The molecule has 3 nitrogen and oxygen atoms in total. The lowest BCUT2D eigenvalue weighted by molar-refractivity contribution is -0.136. The average molecular weight is 324 g/mol. The monoisotopic (exact) mass is 323 g/mol. The van der Waals surface area contributed by atoms with Gasteiger partial charge in [0.05, 0.1) is 12.6 Å². The number of hydrogen-bond acceptors (Lipinski definition) is 2. The molecule has 1 heterocycles. The van der Waals surface area contributed by atoms with E-state index in [1.165, 1.54) is 11.1 Å². The highest BCUT2D eigenvalue weighted by Gasteiger charge is 2.35. The molecule has 0 spiro atoms. The summed E-state index contributed by atoms with van der Waals surface area (Å²) in [6.07, 6.45) is 3.63. The Kier molecular flexibility index (Phi) is 3.63. The zero-order chi connectivity index (χ0) is 13.4. The third kappa shape index (κ3) is 2.43. The standard InChI is InChI=1S/C15H18BrNO2/c16-13-4-3-10-6-12(7-11(10)8-13)15(19)17-5-1-2-14(17)9-18/h3-4,8,12,14,18H,1-2,5-7,9H2. The molecule has 0 bridgehead atoms. The van der Waals surface area contributed by atoms with Crippen molar-refractivity contribution < 1.29 is 9.90 Å². The molecule has 4 heteroatoms. The van der Waals surface area contributed by atoms with E-state index in [0.29, 0.717) is 0 Å². The maximum atomic E-state index is 12.6. The first-order valence-corrected chi connectivity index (χ1v) is 7.67. The molecule has 1 aliphatic heterocycles. The molecular formula is C15H18BrNO2. The number of fused-ring (bicyclic) bond motifs is 1. The number of hydrogen-bond donors (Lipinski definition) is 1. The summed E-state index contributed by atoms with van der Waals surface area (Å²) >= 11 is 3.48. The van der Waals surface area contributed by atoms with Crippen LogP contribution < -0.4 is 0 Å². The summed E-state index contributed by atoms with van der Waals surface area (Å²) in [6.45, 7) is 0.900. The first-order valence-electron chi connectivity index (χ1n) is 6.87. The van der Waals surface area contributed by atoms with Crippen LogP contribution >= 0.6 is 15.9 Å². The van der Waals surface area contributed by atoms with Gasteiger partial charge in [0.25, 0.3) is 0 Å². The van der Waals surface area contributed by atoms with Crippen molar-refractivity contribution in [2.24, 2.45) is 5.92 Å². The molecule has 102 valence electrons. The number of aliphatic hydroxyl groups is 1. The zero-order valence-electron chi connectivity index (χ0n) is 10.8. The molecule has 1 fully saturated rings. The van der Waals surface area contributed by atoms with Crippen LogP contribution in [-0.4, -0.2) is 35.1 Å². The van der Waals surface area contributed by atoms with E-state index < -0.39 is 0 Å². The van der Waals surface area contributed by atoms with Crippen LogP contribution in [-0.2, 0) is 17.6 Å². The maximum absolute atomic E-state index is 12.6. The number of aliphatic hydroxyl groups excluding tert-OH is 1. The van der Waals surface area contributed by atoms with Crippen molar-refractivity contribution in [3.8, 4) is 0 Å². The van der Waals surface area contributed by atoms with Crippen molar-refractivity contribution in [2.75, 3.05) is 13.2 Å². The van der Waals surface area contributed by atoms with E-state index in [1.54, 1.807) is 0 Å². The van der Waals surface area contributed by atoms with E-state index in [0.717, 1.165) is 36.7 Å². The number of nitrogens with zero attached hydrogens (tertiary/aromatic N) is 1. The van der Waals surface area contributed by atoms with E-state index in [4.69, 9.17) is 0 Å². The second-order valence-corrected chi connectivity index (χ2v) is 6.44. The summed E-state index contributed by atoms with van der Waals surface area (Å²) in [4.78, 5) is 14.5. The van der Waals surface area contributed by atoms with E-state index in [1.807, 2.05) is 11.0 Å². The van der Waals surface area contributed by atoms with Gasteiger partial charge in [-0.3, -0.25) is 4.79 Å². The van der Waals surface area contributed by atoms with Crippen molar-refractivity contribution in [3.05, 3.63) is 33.8 Å². The second kappa shape index (κ2) is 5.25. The van der Waals surface area contributed by atoms with Crippen molar-refractivity contribution >= 4 is 21.8 Å². The highest BCUT2D eigenvalue weighted by Crippen LogP contribution is 2.31. The lowest BCUT2D eigenvalue weighted by Crippen LogP contribution is -2.41. The fourth-order valence-electron chi connectivity index (χ4n) is 3.31. The molecule has 2 atom stereocenters. The predicted octanol–water partition coefficient (Wildman–Crippen LogP) is 2.15. The van der Waals surface area contributed by atoms with Gasteiger partial charge in [0.2, 0.25) is 5.91 Å². The number of carbonyl (C=O) groups excluding carboxylic acids is 1. The summed E-state index contributed by atoms with van der Waals surface area (Å²) in [6, 6.07) is 6.32. The SMILES string of the molecule is O=C(C1Cc2ccc(Br)cc2C1)N1CCCC1CO. The molecule has 1 aromatic rings. The van der Waals surface area contributed by atoms with Gasteiger partial charge in [-0.2, -0.15) is 0 Å². The van der Waals surface area contributed by atoms with Crippen LogP contribution in [0, 0.1) is 5.92 Å². The van der Waals surface area contributed by atoms with Gasteiger partial charge < -0.3 is 10.0 Å². The topological polar surface area (TPSA) is 40.5 Å². The van der Waals surface area contributed by atoms with Gasteiger partial charge >= 0.3 is 0 Å². The van der Waals surface area contributed by atoms with Crippen LogP contribution in [0.1, 0.15) is 24.0 Å². The third-order valence-corrected chi connectivity index (χ3v) is 4.81. The first kappa shape index (κ1) is 13.1. The quantitative estimate of drug-likeness (QED) is 0.906. The van der Waals surface area contributed by atoms with Crippen LogP contribution in [0.15, 0.2) is 22.7 Å². The fraction of sp³-hybridized carbons (Fsp3) is 0.533. The molecule has 3 rings (SSSR count). The molecular weight excluding hydrogens is 306 g/mol. The average Bonchev–Trinajstić information content (AvgIpc) is 3.03. The highest BCUT2D eigenvalue weighted by atomic mass is 79.9. The molecule has 1 amide bonds. The largest absolute Gasteiger partial charge is 0.394 e. The Morgan fingerprint density at radius 1 is 1.37 bits per heavy atom. The van der Waals surface area contributed by atoms with E-state index >= 15 is 0 Å². The number of halogens is 1. The Hall–Kier alpha value is -0.870. The van der Waals surface area contributed by atoms with Gasteiger partial charge in [-0.1, -0.05) is 22.0 Å². The minimum Gasteiger partial charge on any atom is -0.394 e. The number of rotatable bonds is 2. The van der Waals surface area contributed by atoms with E-state index in [9.17, 15) is 9.90 Å². The molecule has 2 unspecified atom stereocenters. The fourth-order valence-corrected chi connectivity index (χ4v) is 3.72. The molecule has 1 N–H and O–H groups in total. The zero-order valence-corrected chi connectivity index (χ0v) is 12.4. The van der Waals surface area contributed by atoms with Gasteiger partial charge in [-0.25, -0.2) is 0 Å². The molecule has 0 radical (unpaired) electrons. The molecule has 0 aromatic heterocycles. The summed E-state index contributed by atoms with van der Waals surface area (Å²) in [5.74, 6) is 0.292. The van der Waals surface area contributed by atoms with Gasteiger partial charge in [0, 0.05) is 16.9 Å². The number of benzene rings is 1. The Morgan fingerprint density at radius 3 is 2.95 bits per heavy atom. The summed E-state index contributed by atoms with van der Waals surface area (Å²) in [5.41, 5.74) is 2.58. The Labute approximate surface area is 121 Å². The molecule has 0 saturated carbocycles.